The first-order chi connectivity index (χ1) is 8.29. The maximum absolute atomic E-state index is 12.0. The Morgan fingerprint density at radius 1 is 1.28 bits per heavy atom. The molecule has 0 aromatic carbocycles. The van der Waals surface area contributed by atoms with Gasteiger partial charge < -0.3 is 4.98 Å². The van der Waals surface area contributed by atoms with Crippen molar-refractivity contribution in [3.05, 3.63) is 38.1 Å². The Morgan fingerprint density at radius 2 is 1.94 bits per heavy atom. The van der Waals surface area contributed by atoms with E-state index in [1.165, 1.54) is 4.88 Å². The normalized spacial score (nSPS) is 11.8. The van der Waals surface area contributed by atoms with Crippen molar-refractivity contribution in [1.29, 1.82) is 0 Å². The molecule has 96 valence electrons. The minimum Gasteiger partial charge on any atom is -0.310 e. The summed E-state index contributed by atoms with van der Waals surface area (Å²) in [6.45, 7) is 10.0. The van der Waals surface area contributed by atoms with Crippen LogP contribution >= 0.6 is 11.3 Å². The smallest absolute Gasteiger partial charge is 0.254 e. The van der Waals surface area contributed by atoms with Crippen LogP contribution in [-0.4, -0.2) is 9.97 Å². The monoisotopic (exact) mass is 262 g/mol. The van der Waals surface area contributed by atoms with Gasteiger partial charge in [0, 0.05) is 26.8 Å². The lowest BCUT2D eigenvalue weighted by Crippen LogP contribution is -2.24. The molecule has 0 saturated heterocycles. The van der Waals surface area contributed by atoms with E-state index in [9.17, 15) is 4.79 Å². The molecule has 0 radical (unpaired) electrons. The largest absolute Gasteiger partial charge is 0.310 e. The molecule has 2 heterocycles. The summed E-state index contributed by atoms with van der Waals surface area (Å²) in [5, 5.41) is 2.05. The molecule has 0 aliphatic rings. The highest BCUT2D eigenvalue weighted by Crippen LogP contribution is 2.26. The zero-order valence-corrected chi connectivity index (χ0v) is 12.2. The van der Waals surface area contributed by atoms with Crippen LogP contribution in [0.5, 0.6) is 0 Å². The standard InChI is InChI=1S/C14H18N2OS/c1-8-6-10(7-18-8)11-9(2)12(17)16-13(15-11)14(3,4)5/h6-7H,1-5H3,(H,15,16,17). The van der Waals surface area contributed by atoms with Gasteiger partial charge in [-0.25, -0.2) is 4.98 Å². The molecule has 4 heteroatoms. The van der Waals surface area contributed by atoms with Gasteiger partial charge in [0.1, 0.15) is 5.82 Å². The van der Waals surface area contributed by atoms with E-state index in [4.69, 9.17) is 0 Å². The number of thiophene rings is 1. The molecular formula is C14H18N2OS. The molecule has 0 aliphatic carbocycles. The predicted octanol–water partition coefficient (Wildman–Crippen LogP) is 3.41. The average Bonchev–Trinajstić information content (AvgIpc) is 2.67. The summed E-state index contributed by atoms with van der Waals surface area (Å²) < 4.78 is 0. The molecule has 0 atom stereocenters. The quantitative estimate of drug-likeness (QED) is 0.856. The second-order valence-corrected chi connectivity index (χ2v) is 6.70. The molecule has 2 aromatic rings. The van der Waals surface area contributed by atoms with Crippen LogP contribution in [0.25, 0.3) is 11.3 Å². The number of nitrogens with one attached hydrogen (secondary N) is 1. The second kappa shape index (κ2) is 4.35. The molecule has 0 spiro atoms. The Hall–Kier alpha value is -1.42. The first kappa shape index (κ1) is 13.0. The van der Waals surface area contributed by atoms with Crippen molar-refractivity contribution in [3.63, 3.8) is 0 Å². The predicted molar refractivity (Wildman–Crippen MR) is 76.3 cm³/mol. The van der Waals surface area contributed by atoms with Crippen LogP contribution in [0.2, 0.25) is 0 Å². The number of H-pyrrole nitrogens is 1. The summed E-state index contributed by atoms with van der Waals surface area (Å²) >= 11 is 1.67. The Morgan fingerprint density at radius 3 is 2.44 bits per heavy atom. The molecule has 3 nitrogen and oxygen atoms in total. The van der Waals surface area contributed by atoms with Crippen molar-refractivity contribution in [3.8, 4) is 11.3 Å². The number of aromatic nitrogens is 2. The fraction of sp³-hybridized carbons (Fsp3) is 0.429. The van der Waals surface area contributed by atoms with E-state index < -0.39 is 0 Å². The highest BCUT2D eigenvalue weighted by Gasteiger charge is 2.20. The van der Waals surface area contributed by atoms with Gasteiger partial charge in [0.05, 0.1) is 5.69 Å². The molecule has 18 heavy (non-hydrogen) atoms. The minimum atomic E-state index is -0.160. The van der Waals surface area contributed by atoms with Crippen LogP contribution in [0.1, 0.15) is 37.0 Å². The first-order valence-electron chi connectivity index (χ1n) is 5.96. The third-order valence-corrected chi connectivity index (χ3v) is 3.73. The fourth-order valence-corrected chi connectivity index (χ4v) is 2.42. The van der Waals surface area contributed by atoms with Crippen molar-refractivity contribution in [2.75, 3.05) is 0 Å². The molecule has 0 aliphatic heterocycles. The minimum absolute atomic E-state index is 0.0474. The lowest BCUT2D eigenvalue weighted by atomic mass is 9.95. The summed E-state index contributed by atoms with van der Waals surface area (Å²) in [7, 11) is 0. The summed E-state index contributed by atoms with van der Waals surface area (Å²) in [6, 6.07) is 2.08. The maximum Gasteiger partial charge on any atom is 0.254 e. The molecule has 1 N–H and O–H groups in total. The van der Waals surface area contributed by atoms with Gasteiger partial charge in [-0.15, -0.1) is 11.3 Å². The van der Waals surface area contributed by atoms with Gasteiger partial charge in [0.15, 0.2) is 0 Å². The Bertz CT molecular complexity index is 632. The zero-order valence-electron chi connectivity index (χ0n) is 11.4. The first-order valence-corrected chi connectivity index (χ1v) is 6.84. The van der Waals surface area contributed by atoms with Gasteiger partial charge >= 0.3 is 0 Å². The van der Waals surface area contributed by atoms with Gasteiger partial charge in [0.25, 0.3) is 5.56 Å². The Balaban J connectivity index is 2.67. The van der Waals surface area contributed by atoms with Crippen LogP contribution in [-0.2, 0) is 5.41 Å². The highest BCUT2D eigenvalue weighted by atomic mass is 32.1. The van der Waals surface area contributed by atoms with Crippen molar-refractivity contribution >= 4 is 11.3 Å². The van der Waals surface area contributed by atoms with E-state index in [1.54, 1.807) is 11.3 Å². The van der Waals surface area contributed by atoms with Crippen LogP contribution in [0.15, 0.2) is 16.2 Å². The summed E-state index contributed by atoms with van der Waals surface area (Å²) in [4.78, 5) is 20.7. The van der Waals surface area contributed by atoms with Gasteiger partial charge in [-0.3, -0.25) is 4.79 Å². The molecular weight excluding hydrogens is 244 g/mol. The maximum atomic E-state index is 12.0. The number of hydrogen-bond donors (Lipinski definition) is 1. The van der Waals surface area contributed by atoms with Crippen molar-refractivity contribution in [1.82, 2.24) is 9.97 Å². The van der Waals surface area contributed by atoms with Crippen molar-refractivity contribution in [2.45, 2.75) is 40.0 Å². The van der Waals surface area contributed by atoms with Gasteiger partial charge in [-0.05, 0) is 19.9 Å². The second-order valence-electron chi connectivity index (χ2n) is 5.58. The molecule has 0 saturated carbocycles. The topological polar surface area (TPSA) is 45.8 Å². The van der Waals surface area contributed by atoms with Crippen molar-refractivity contribution in [2.24, 2.45) is 0 Å². The Labute approximate surface area is 111 Å². The van der Waals surface area contributed by atoms with E-state index in [0.717, 1.165) is 17.1 Å². The van der Waals surface area contributed by atoms with E-state index in [0.29, 0.717) is 5.56 Å². The third kappa shape index (κ3) is 2.38. The highest BCUT2D eigenvalue weighted by molar-refractivity contribution is 7.10. The van der Waals surface area contributed by atoms with Crippen LogP contribution in [0.3, 0.4) is 0 Å². The zero-order chi connectivity index (χ0) is 13.5. The van der Waals surface area contributed by atoms with E-state index in [2.05, 4.69) is 28.3 Å². The molecule has 2 rings (SSSR count). The van der Waals surface area contributed by atoms with Crippen LogP contribution in [0, 0.1) is 13.8 Å². The molecule has 0 fully saturated rings. The lowest BCUT2D eigenvalue weighted by molar-refractivity contribution is 0.542. The summed E-state index contributed by atoms with van der Waals surface area (Å²) in [6.07, 6.45) is 0. The molecule has 2 aromatic heterocycles. The number of aromatic amines is 1. The van der Waals surface area contributed by atoms with E-state index in [-0.39, 0.29) is 11.0 Å². The third-order valence-electron chi connectivity index (χ3n) is 2.87. The number of rotatable bonds is 1. The van der Waals surface area contributed by atoms with Gasteiger partial charge in [0.2, 0.25) is 0 Å². The Kier molecular flexibility index (Phi) is 3.15. The van der Waals surface area contributed by atoms with Gasteiger partial charge in [-0.1, -0.05) is 20.8 Å². The lowest BCUT2D eigenvalue weighted by Gasteiger charge is -2.18. The SMILES string of the molecule is Cc1cc(-c2nc(C(C)(C)C)[nH]c(=O)c2C)cs1. The fourth-order valence-electron chi connectivity index (χ4n) is 1.74. The van der Waals surface area contributed by atoms with Crippen LogP contribution < -0.4 is 5.56 Å². The van der Waals surface area contributed by atoms with Crippen molar-refractivity contribution < 1.29 is 0 Å². The van der Waals surface area contributed by atoms with E-state index >= 15 is 0 Å². The average molecular weight is 262 g/mol. The summed E-state index contributed by atoms with van der Waals surface area (Å²) in [5.41, 5.74) is 2.31. The van der Waals surface area contributed by atoms with Gasteiger partial charge in [-0.2, -0.15) is 0 Å². The molecule has 0 amide bonds. The van der Waals surface area contributed by atoms with Crippen LogP contribution in [0.4, 0.5) is 0 Å². The van der Waals surface area contributed by atoms with E-state index in [1.807, 2.05) is 27.7 Å². The molecule has 0 unspecified atom stereocenters. The number of aryl methyl sites for hydroxylation is 1. The summed E-state index contributed by atoms with van der Waals surface area (Å²) in [5.74, 6) is 0.733. The molecule has 0 bridgehead atoms. The number of hydrogen-bond acceptors (Lipinski definition) is 3. The number of nitrogens with zero attached hydrogens (tertiary/aromatic N) is 1.